The molecular formula is C18H25N3. The quantitative estimate of drug-likeness (QED) is 0.644. The third-order valence-corrected chi connectivity index (χ3v) is 4.38. The van der Waals surface area contributed by atoms with Gasteiger partial charge in [0.05, 0.1) is 5.52 Å². The number of anilines is 1. The van der Waals surface area contributed by atoms with E-state index < -0.39 is 0 Å². The summed E-state index contributed by atoms with van der Waals surface area (Å²) in [5.74, 6) is 0. The van der Waals surface area contributed by atoms with E-state index in [1.807, 2.05) is 12.3 Å². The summed E-state index contributed by atoms with van der Waals surface area (Å²) in [6.07, 6.45) is 10.2. The number of pyridine rings is 1. The second-order valence-corrected chi connectivity index (χ2v) is 5.95. The number of nitrogens with zero attached hydrogens (tertiary/aromatic N) is 1. The van der Waals surface area contributed by atoms with Crippen molar-refractivity contribution >= 4 is 16.6 Å². The minimum Gasteiger partial charge on any atom is -0.383 e. The molecule has 0 bridgehead atoms. The fourth-order valence-electron chi connectivity index (χ4n) is 3.21. The van der Waals surface area contributed by atoms with Crippen LogP contribution in [0.4, 0.5) is 5.69 Å². The smallest absolute Gasteiger partial charge is 0.0722 e. The number of rotatable bonds is 5. The van der Waals surface area contributed by atoms with Gasteiger partial charge in [0.1, 0.15) is 0 Å². The summed E-state index contributed by atoms with van der Waals surface area (Å²) in [7, 11) is 0. The molecule has 1 fully saturated rings. The summed E-state index contributed by atoms with van der Waals surface area (Å²) in [5, 5.41) is 8.45. The molecule has 0 spiro atoms. The maximum absolute atomic E-state index is 4.40. The molecule has 1 aromatic heterocycles. The van der Waals surface area contributed by atoms with E-state index in [4.69, 9.17) is 0 Å². The van der Waals surface area contributed by atoms with E-state index in [1.165, 1.54) is 49.6 Å². The Morgan fingerprint density at radius 3 is 2.62 bits per heavy atom. The summed E-state index contributed by atoms with van der Waals surface area (Å²) in [6, 6.07) is 11.1. The molecule has 3 rings (SSSR count). The van der Waals surface area contributed by atoms with E-state index in [9.17, 15) is 0 Å². The van der Waals surface area contributed by atoms with Crippen LogP contribution >= 0.6 is 0 Å². The maximum Gasteiger partial charge on any atom is 0.0722 e. The van der Waals surface area contributed by atoms with Crippen molar-refractivity contribution in [1.29, 1.82) is 0 Å². The lowest BCUT2D eigenvalue weighted by Crippen LogP contribution is -2.32. The summed E-state index contributed by atoms with van der Waals surface area (Å²) in [6.45, 7) is 1.99. The molecular weight excluding hydrogens is 258 g/mol. The van der Waals surface area contributed by atoms with E-state index in [-0.39, 0.29) is 0 Å². The zero-order valence-electron chi connectivity index (χ0n) is 12.6. The number of hydrogen-bond acceptors (Lipinski definition) is 3. The Bertz CT molecular complexity index is 554. The number of para-hydroxylation sites is 1. The van der Waals surface area contributed by atoms with Crippen LogP contribution < -0.4 is 10.6 Å². The SMILES string of the molecule is c1ccc2c(NCCNC3CCCCCC3)ccnc2c1. The highest BCUT2D eigenvalue weighted by molar-refractivity contribution is 5.90. The van der Waals surface area contributed by atoms with Crippen molar-refractivity contribution in [3.05, 3.63) is 36.5 Å². The third kappa shape index (κ3) is 3.94. The zero-order valence-corrected chi connectivity index (χ0v) is 12.6. The van der Waals surface area contributed by atoms with Gasteiger partial charge >= 0.3 is 0 Å². The Morgan fingerprint density at radius 2 is 1.76 bits per heavy atom. The maximum atomic E-state index is 4.40. The Balaban J connectivity index is 1.50. The van der Waals surface area contributed by atoms with Gasteiger partial charge in [-0.05, 0) is 25.0 Å². The molecule has 0 amide bonds. The monoisotopic (exact) mass is 283 g/mol. The Morgan fingerprint density at radius 1 is 0.952 bits per heavy atom. The van der Waals surface area contributed by atoms with E-state index in [2.05, 4.69) is 39.9 Å². The van der Waals surface area contributed by atoms with E-state index in [1.54, 1.807) is 0 Å². The highest BCUT2D eigenvalue weighted by Crippen LogP contribution is 2.20. The lowest BCUT2D eigenvalue weighted by atomic mass is 10.1. The van der Waals surface area contributed by atoms with E-state index >= 15 is 0 Å². The fourth-order valence-corrected chi connectivity index (χ4v) is 3.21. The van der Waals surface area contributed by atoms with Crippen molar-refractivity contribution in [2.24, 2.45) is 0 Å². The molecule has 1 saturated carbocycles. The Labute approximate surface area is 127 Å². The lowest BCUT2D eigenvalue weighted by Gasteiger charge is -2.17. The molecule has 1 aliphatic carbocycles. The molecule has 0 aliphatic heterocycles. The van der Waals surface area contributed by atoms with Crippen molar-refractivity contribution in [2.45, 2.75) is 44.6 Å². The first kappa shape index (κ1) is 14.3. The highest BCUT2D eigenvalue weighted by atomic mass is 15.0. The van der Waals surface area contributed by atoms with Crippen molar-refractivity contribution in [2.75, 3.05) is 18.4 Å². The van der Waals surface area contributed by atoms with Crippen LogP contribution in [0.5, 0.6) is 0 Å². The van der Waals surface area contributed by atoms with Crippen molar-refractivity contribution in [1.82, 2.24) is 10.3 Å². The number of benzene rings is 1. The first-order valence-corrected chi connectivity index (χ1v) is 8.24. The van der Waals surface area contributed by atoms with Crippen LogP contribution in [0.3, 0.4) is 0 Å². The van der Waals surface area contributed by atoms with Crippen molar-refractivity contribution in [3.8, 4) is 0 Å². The topological polar surface area (TPSA) is 37.0 Å². The van der Waals surface area contributed by atoms with Gasteiger partial charge in [0.15, 0.2) is 0 Å². The molecule has 3 heteroatoms. The fraction of sp³-hybridized carbons (Fsp3) is 0.500. The predicted molar refractivity (Wildman–Crippen MR) is 89.7 cm³/mol. The summed E-state index contributed by atoms with van der Waals surface area (Å²) >= 11 is 0. The molecule has 2 N–H and O–H groups in total. The number of aromatic nitrogens is 1. The highest BCUT2D eigenvalue weighted by Gasteiger charge is 2.10. The van der Waals surface area contributed by atoms with Crippen LogP contribution in [0.2, 0.25) is 0 Å². The second-order valence-electron chi connectivity index (χ2n) is 5.95. The molecule has 21 heavy (non-hydrogen) atoms. The minimum atomic E-state index is 0.725. The van der Waals surface area contributed by atoms with Crippen LogP contribution in [0.15, 0.2) is 36.5 Å². The molecule has 1 aliphatic rings. The van der Waals surface area contributed by atoms with Gasteiger partial charge < -0.3 is 10.6 Å². The molecule has 3 nitrogen and oxygen atoms in total. The number of fused-ring (bicyclic) bond motifs is 1. The van der Waals surface area contributed by atoms with Crippen molar-refractivity contribution in [3.63, 3.8) is 0 Å². The number of nitrogens with one attached hydrogen (secondary N) is 2. The average Bonchev–Trinajstić information content (AvgIpc) is 2.80. The second kappa shape index (κ2) is 7.41. The predicted octanol–water partition coefficient (Wildman–Crippen LogP) is 3.96. The molecule has 0 radical (unpaired) electrons. The number of hydrogen-bond donors (Lipinski definition) is 2. The summed E-state index contributed by atoms with van der Waals surface area (Å²) in [4.78, 5) is 4.40. The van der Waals surface area contributed by atoms with Crippen LogP contribution in [0.1, 0.15) is 38.5 Å². The van der Waals surface area contributed by atoms with Gasteiger partial charge in [-0.1, -0.05) is 43.9 Å². The summed E-state index contributed by atoms with van der Waals surface area (Å²) < 4.78 is 0. The molecule has 0 atom stereocenters. The molecule has 0 unspecified atom stereocenters. The molecule has 2 aromatic rings. The molecule has 1 aromatic carbocycles. The Kier molecular flexibility index (Phi) is 5.06. The first-order chi connectivity index (χ1) is 10.4. The lowest BCUT2D eigenvalue weighted by molar-refractivity contribution is 0.468. The molecule has 1 heterocycles. The van der Waals surface area contributed by atoms with Crippen LogP contribution in [0.25, 0.3) is 10.9 Å². The van der Waals surface area contributed by atoms with Gasteiger partial charge in [-0.2, -0.15) is 0 Å². The first-order valence-electron chi connectivity index (χ1n) is 8.24. The van der Waals surface area contributed by atoms with Crippen molar-refractivity contribution < 1.29 is 0 Å². The standard InChI is InChI=1S/C18H25N3/c1-2-4-8-15(7-3-1)19-13-14-21-18-11-12-20-17-10-6-5-9-16(17)18/h5-6,9-12,15,19H,1-4,7-8,13-14H2,(H,20,21). The average molecular weight is 283 g/mol. The van der Waals surface area contributed by atoms with Gasteiger partial charge in [0.25, 0.3) is 0 Å². The normalized spacial score (nSPS) is 16.8. The van der Waals surface area contributed by atoms with Crippen LogP contribution in [-0.4, -0.2) is 24.1 Å². The van der Waals surface area contributed by atoms with Crippen LogP contribution in [0, 0.1) is 0 Å². The van der Waals surface area contributed by atoms with Gasteiger partial charge in [-0.3, -0.25) is 4.98 Å². The zero-order chi connectivity index (χ0) is 14.3. The third-order valence-electron chi connectivity index (χ3n) is 4.38. The van der Waals surface area contributed by atoms with Gasteiger partial charge in [0.2, 0.25) is 0 Å². The largest absolute Gasteiger partial charge is 0.383 e. The molecule has 0 saturated heterocycles. The van der Waals surface area contributed by atoms with Gasteiger partial charge in [0, 0.05) is 36.4 Å². The minimum absolute atomic E-state index is 0.725. The molecule has 112 valence electrons. The van der Waals surface area contributed by atoms with Gasteiger partial charge in [-0.15, -0.1) is 0 Å². The van der Waals surface area contributed by atoms with E-state index in [0.29, 0.717) is 0 Å². The summed E-state index contributed by atoms with van der Waals surface area (Å²) in [5.41, 5.74) is 2.24. The Hall–Kier alpha value is -1.61. The van der Waals surface area contributed by atoms with Gasteiger partial charge in [-0.25, -0.2) is 0 Å². The van der Waals surface area contributed by atoms with E-state index in [0.717, 1.165) is 24.6 Å². The van der Waals surface area contributed by atoms with Crippen LogP contribution in [-0.2, 0) is 0 Å².